The summed E-state index contributed by atoms with van der Waals surface area (Å²) in [5.41, 5.74) is 0. The van der Waals surface area contributed by atoms with Gasteiger partial charge in [0.25, 0.3) is 0 Å². The standard InChI is InChI=1S/C16H30N4O2/c1-13(2)11-14(12-19-7-3-4-8-19)18-16(22)20-9-5-15(21)17-6-10-20/h13-14H,3-12H2,1-2H3,(H,17,21)(H,18,22)/t14-/m0/s1. The molecule has 0 spiro atoms. The summed E-state index contributed by atoms with van der Waals surface area (Å²) < 4.78 is 0. The van der Waals surface area contributed by atoms with Crippen molar-refractivity contribution in [1.82, 2.24) is 20.4 Å². The van der Waals surface area contributed by atoms with Gasteiger partial charge in [0, 0.05) is 38.6 Å². The van der Waals surface area contributed by atoms with Crippen molar-refractivity contribution in [3.8, 4) is 0 Å². The number of carbonyl (C=O) groups excluding carboxylic acids is 2. The minimum atomic E-state index is -0.0265. The zero-order chi connectivity index (χ0) is 15.9. The van der Waals surface area contributed by atoms with Crippen LogP contribution in [0.15, 0.2) is 0 Å². The van der Waals surface area contributed by atoms with E-state index < -0.39 is 0 Å². The molecule has 0 aromatic rings. The molecule has 0 aromatic carbocycles. The lowest BCUT2D eigenvalue weighted by Crippen LogP contribution is -2.50. The molecule has 0 aromatic heterocycles. The molecular weight excluding hydrogens is 280 g/mol. The quantitative estimate of drug-likeness (QED) is 0.797. The van der Waals surface area contributed by atoms with Crippen molar-refractivity contribution in [2.75, 3.05) is 39.3 Å². The number of hydrogen-bond donors (Lipinski definition) is 2. The fraction of sp³-hybridized carbons (Fsp3) is 0.875. The maximum absolute atomic E-state index is 12.5. The predicted molar refractivity (Wildman–Crippen MR) is 86.6 cm³/mol. The Balaban J connectivity index is 1.86. The molecule has 2 rings (SSSR count). The molecular formula is C16H30N4O2. The van der Waals surface area contributed by atoms with Crippen molar-refractivity contribution < 1.29 is 9.59 Å². The van der Waals surface area contributed by atoms with E-state index in [4.69, 9.17) is 0 Å². The van der Waals surface area contributed by atoms with Gasteiger partial charge in [0.15, 0.2) is 0 Å². The molecule has 0 saturated carbocycles. The average Bonchev–Trinajstić information content (AvgIpc) is 2.84. The smallest absolute Gasteiger partial charge is 0.317 e. The SMILES string of the molecule is CC(C)C[C@@H](CN1CCCC1)NC(=O)N1CCNC(=O)CC1. The van der Waals surface area contributed by atoms with Gasteiger partial charge in [0.1, 0.15) is 0 Å². The molecule has 0 aliphatic carbocycles. The summed E-state index contributed by atoms with van der Waals surface area (Å²) in [7, 11) is 0. The molecule has 2 fully saturated rings. The molecule has 6 heteroatoms. The van der Waals surface area contributed by atoms with Gasteiger partial charge in [0.2, 0.25) is 5.91 Å². The fourth-order valence-electron chi connectivity index (χ4n) is 3.26. The summed E-state index contributed by atoms with van der Waals surface area (Å²) in [6.45, 7) is 9.27. The third-order valence-electron chi connectivity index (χ3n) is 4.36. The lowest BCUT2D eigenvalue weighted by Gasteiger charge is -2.29. The van der Waals surface area contributed by atoms with Gasteiger partial charge in [-0.2, -0.15) is 0 Å². The minimum Gasteiger partial charge on any atom is -0.354 e. The number of hydrogen-bond acceptors (Lipinski definition) is 3. The van der Waals surface area contributed by atoms with Crippen molar-refractivity contribution in [2.24, 2.45) is 5.92 Å². The molecule has 2 saturated heterocycles. The molecule has 22 heavy (non-hydrogen) atoms. The first-order chi connectivity index (χ1) is 10.5. The number of carbonyl (C=O) groups is 2. The molecule has 2 aliphatic heterocycles. The number of urea groups is 1. The highest BCUT2D eigenvalue weighted by molar-refractivity contribution is 5.79. The van der Waals surface area contributed by atoms with Crippen LogP contribution >= 0.6 is 0 Å². The van der Waals surface area contributed by atoms with Crippen LogP contribution in [0.1, 0.15) is 39.5 Å². The summed E-state index contributed by atoms with van der Waals surface area (Å²) in [5, 5.41) is 6.00. The molecule has 0 bridgehead atoms. The molecule has 6 nitrogen and oxygen atoms in total. The Hall–Kier alpha value is -1.30. The first-order valence-corrected chi connectivity index (χ1v) is 8.59. The maximum atomic E-state index is 12.5. The van der Waals surface area contributed by atoms with Gasteiger partial charge in [-0.1, -0.05) is 13.8 Å². The Labute approximate surface area is 133 Å². The Morgan fingerprint density at radius 3 is 2.64 bits per heavy atom. The molecule has 126 valence electrons. The highest BCUT2D eigenvalue weighted by Crippen LogP contribution is 2.12. The fourth-order valence-corrected chi connectivity index (χ4v) is 3.26. The van der Waals surface area contributed by atoms with E-state index in [1.165, 1.54) is 12.8 Å². The van der Waals surface area contributed by atoms with E-state index in [1.54, 1.807) is 4.90 Å². The maximum Gasteiger partial charge on any atom is 0.317 e. The van der Waals surface area contributed by atoms with Crippen LogP contribution in [0.4, 0.5) is 4.79 Å². The van der Waals surface area contributed by atoms with Crippen molar-refractivity contribution in [3.05, 3.63) is 0 Å². The topological polar surface area (TPSA) is 64.7 Å². The van der Waals surface area contributed by atoms with E-state index in [-0.39, 0.29) is 18.0 Å². The number of likely N-dealkylation sites (tertiary alicyclic amines) is 1. The molecule has 0 unspecified atom stereocenters. The van der Waals surface area contributed by atoms with Crippen LogP contribution in [0.25, 0.3) is 0 Å². The normalized spacial score (nSPS) is 21.6. The zero-order valence-electron chi connectivity index (χ0n) is 13.9. The van der Waals surface area contributed by atoms with Crippen LogP contribution in [-0.4, -0.2) is 67.0 Å². The van der Waals surface area contributed by atoms with Gasteiger partial charge < -0.3 is 20.4 Å². The van der Waals surface area contributed by atoms with E-state index in [2.05, 4.69) is 29.4 Å². The summed E-state index contributed by atoms with van der Waals surface area (Å²) >= 11 is 0. The minimum absolute atomic E-state index is 0.0265. The number of nitrogens with one attached hydrogen (secondary N) is 2. The lowest BCUT2D eigenvalue weighted by molar-refractivity contribution is -0.120. The van der Waals surface area contributed by atoms with Gasteiger partial charge in [-0.05, 0) is 38.3 Å². The first kappa shape index (κ1) is 17.1. The van der Waals surface area contributed by atoms with Crippen LogP contribution in [0, 0.1) is 5.92 Å². The van der Waals surface area contributed by atoms with Crippen LogP contribution in [0.5, 0.6) is 0 Å². The second-order valence-electron chi connectivity index (χ2n) is 6.87. The number of rotatable bonds is 5. The Kier molecular flexibility index (Phi) is 6.49. The lowest BCUT2D eigenvalue weighted by atomic mass is 10.0. The second-order valence-corrected chi connectivity index (χ2v) is 6.87. The van der Waals surface area contributed by atoms with Gasteiger partial charge in [0.05, 0.1) is 0 Å². The summed E-state index contributed by atoms with van der Waals surface area (Å²) in [4.78, 5) is 28.1. The molecule has 2 aliphatic rings. The highest BCUT2D eigenvalue weighted by atomic mass is 16.2. The summed E-state index contributed by atoms with van der Waals surface area (Å²) in [5.74, 6) is 0.589. The van der Waals surface area contributed by atoms with Crippen LogP contribution in [0.3, 0.4) is 0 Å². The van der Waals surface area contributed by atoms with E-state index in [0.29, 0.717) is 32.0 Å². The third-order valence-corrected chi connectivity index (χ3v) is 4.36. The van der Waals surface area contributed by atoms with Crippen molar-refractivity contribution in [1.29, 1.82) is 0 Å². The summed E-state index contributed by atoms with van der Waals surface area (Å²) in [6, 6.07) is 0.166. The summed E-state index contributed by atoms with van der Waals surface area (Å²) in [6.07, 6.45) is 3.92. The predicted octanol–water partition coefficient (Wildman–Crippen LogP) is 1.03. The zero-order valence-corrected chi connectivity index (χ0v) is 13.9. The largest absolute Gasteiger partial charge is 0.354 e. The Morgan fingerprint density at radius 2 is 1.95 bits per heavy atom. The van der Waals surface area contributed by atoms with E-state index in [9.17, 15) is 9.59 Å². The van der Waals surface area contributed by atoms with Gasteiger partial charge in [-0.25, -0.2) is 4.79 Å². The monoisotopic (exact) mass is 310 g/mol. The van der Waals surface area contributed by atoms with E-state index in [1.807, 2.05) is 0 Å². The Morgan fingerprint density at radius 1 is 1.23 bits per heavy atom. The van der Waals surface area contributed by atoms with Gasteiger partial charge in [-0.15, -0.1) is 0 Å². The van der Waals surface area contributed by atoms with Crippen molar-refractivity contribution in [3.63, 3.8) is 0 Å². The first-order valence-electron chi connectivity index (χ1n) is 8.59. The van der Waals surface area contributed by atoms with Crippen LogP contribution in [0.2, 0.25) is 0 Å². The molecule has 1 atom stereocenters. The van der Waals surface area contributed by atoms with Crippen molar-refractivity contribution in [2.45, 2.75) is 45.6 Å². The van der Waals surface area contributed by atoms with Gasteiger partial charge in [-0.3, -0.25) is 4.79 Å². The second kappa shape index (κ2) is 8.36. The molecule has 2 N–H and O–H groups in total. The molecule has 0 radical (unpaired) electrons. The molecule has 2 heterocycles. The van der Waals surface area contributed by atoms with Crippen molar-refractivity contribution >= 4 is 11.9 Å². The molecule has 3 amide bonds. The van der Waals surface area contributed by atoms with Gasteiger partial charge >= 0.3 is 6.03 Å². The van der Waals surface area contributed by atoms with E-state index in [0.717, 1.165) is 26.1 Å². The number of amides is 3. The highest BCUT2D eigenvalue weighted by Gasteiger charge is 2.23. The van der Waals surface area contributed by atoms with Crippen LogP contribution < -0.4 is 10.6 Å². The Bertz CT molecular complexity index is 380. The van der Waals surface area contributed by atoms with Crippen LogP contribution in [-0.2, 0) is 4.79 Å². The number of nitrogens with zero attached hydrogens (tertiary/aromatic N) is 2. The average molecular weight is 310 g/mol. The van der Waals surface area contributed by atoms with E-state index >= 15 is 0 Å². The third kappa shape index (κ3) is 5.48.